The van der Waals surface area contributed by atoms with Gasteiger partial charge in [-0.25, -0.2) is 4.79 Å². The molecule has 1 aromatic rings. The third-order valence-corrected chi connectivity index (χ3v) is 3.79. The topological polar surface area (TPSA) is 62.2 Å². The summed E-state index contributed by atoms with van der Waals surface area (Å²) in [5, 5.41) is 12.4. The van der Waals surface area contributed by atoms with Gasteiger partial charge < -0.3 is 10.4 Å². The van der Waals surface area contributed by atoms with Crippen LogP contribution in [0.2, 0.25) is 0 Å². The highest BCUT2D eigenvalue weighted by atomic mass is 16.4. The number of carboxylic acid groups (broad SMARTS) is 1. The van der Waals surface area contributed by atoms with Gasteiger partial charge in [-0.3, -0.25) is 4.98 Å². The highest BCUT2D eigenvalue weighted by molar-refractivity contribution is 5.93. The standard InChI is InChI=1S/C14H20N2O2/c1-10(11-5-3-2-4-6-11)16-13-9-15-8-7-12(13)14(17)18/h7-11,16H,2-6H2,1H3,(H,17,18). The predicted molar refractivity (Wildman–Crippen MR) is 70.9 cm³/mol. The first kappa shape index (κ1) is 12.9. The minimum Gasteiger partial charge on any atom is -0.478 e. The van der Waals surface area contributed by atoms with E-state index in [2.05, 4.69) is 17.2 Å². The van der Waals surface area contributed by atoms with Gasteiger partial charge in [-0.1, -0.05) is 19.3 Å². The third kappa shape index (κ3) is 3.00. The quantitative estimate of drug-likeness (QED) is 0.859. The molecule has 0 spiro atoms. The number of aromatic nitrogens is 1. The SMILES string of the molecule is CC(Nc1cnccc1C(=O)O)C1CCCCC1. The number of nitrogens with zero attached hydrogens (tertiary/aromatic N) is 1. The molecule has 1 fully saturated rings. The second-order valence-corrected chi connectivity index (χ2v) is 5.06. The zero-order valence-electron chi connectivity index (χ0n) is 10.7. The summed E-state index contributed by atoms with van der Waals surface area (Å²) in [5.41, 5.74) is 0.927. The molecule has 1 aliphatic carbocycles. The van der Waals surface area contributed by atoms with Crippen molar-refractivity contribution >= 4 is 11.7 Å². The third-order valence-electron chi connectivity index (χ3n) is 3.79. The first-order valence-corrected chi connectivity index (χ1v) is 6.62. The molecule has 1 aromatic heterocycles. The maximum atomic E-state index is 11.1. The Morgan fingerprint density at radius 1 is 1.44 bits per heavy atom. The summed E-state index contributed by atoms with van der Waals surface area (Å²) in [7, 11) is 0. The molecule has 0 aliphatic heterocycles. The fourth-order valence-electron chi connectivity index (χ4n) is 2.69. The molecule has 1 atom stereocenters. The molecule has 2 N–H and O–H groups in total. The van der Waals surface area contributed by atoms with E-state index in [4.69, 9.17) is 5.11 Å². The minimum atomic E-state index is -0.907. The van der Waals surface area contributed by atoms with E-state index in [1.54, 1.807) is 6.20 Å². The molecule has 4 heteroatoms. The molecule has 0 bridgehead atoms. The fraction of sp³-hybridized carbons (Fsp3) is 0.571. The number of pyridine rings is 1. The summed E-state index contributed by atoms with van der Waals surface area (Å²) >= 11 is 0. The lowest BCUT2D eigenvalue weighted by Gasteiger charge is -2.29. The zero-order chi connectivity index (χ0) is 13.0. The Morgan fingerprint density at radius 3 is 2.83 bits per heavy atom. The monoisotopic (exact) mass is 248 g/mol. The van der Waals surface area contributed by atoms with E-state index in [9.17, 15) is 4.79 Å². The van der Waals surface area contributed by atoms with Crippen molar-refractivity contribution in [2.45, 2.75) is 45.1 Å². The first-order chi connectivity index (χ1) is 8.68. The van der Waals surface area contributed by atoms with Gasteiger partial charge in [0.25, 0.3) is 0 Å². The lowest BCUT2D eigenvalue weighted by molar-refractivity contribution is 0.0697. The summed E-state index contributed by atoms with van der Waals surface area (Å²) in [6, 6.07) is 1.84. The van der Waals surface area contributed by atoms with E-state index in [0.717, 1.165) is 0 Å². The molecule has 0 saturated heterocycles. The van der Waals surface area contributed by atoms with Crippen molar-refractivity contribution < 1.29 is 9.90 Å². The summed E-state index contributed by atoms with van der Waals surface area (Å²) in [6.45, 7) is 2.13. The van der Waals surface area contributed by atoms with Crippen molar-refractivity contribution in [2.24, 2.45) is 5.92 Å². The number of nitrogens with one attached hydrogen (secondary N) is 1. The van der Waals surface area contributed by atoms with Crippen molar-refractivity contribution in [1.82, 2.24) is 4.98 Å². The molecular weight excluding hydrogens is 228 g/mol. The number of hydrogen-bond acceptors (Lipinski definition) is 3. The van der Waals surface area contributed by atoms with Gasteiger partial charge in [-0.2, -0.15) is 0 Å². The van der Waals surface area contributed by atoms with Gasteiger partial charge in [0.15, 0.2) is 0 Å². The van der Waals surface area contributed by atoms with Gasteiger partial charge in [0.05, 0.1) is 17.4 Å². The zero-order valence-corrected chi connectivity index (χ0v) is 10.7. The molecule has 0 aromatic carbocycles. The average molecular weight is 248 g/mol. The fourth-order valence-corrected chi connectivity index (χ4v) is 2.69. The molecular formula is C14H20N2O2. The lowest BCUT2D eigenvalue weighted by Crippen LogP contribution is -2.28. The summed E-state index contributed by atoms with van der Waals surface area (Å²) < 4.78 is 0. The maximum Gasteiger partial charge on any atom is 0.337 e. The number of rotatable bonds is 4. The van der Waals surface area contributed by atoms with Crippen LogP contribution >= 0.6 is 0 Å². The Hall–Kier alpha value is -1.58. The molecule has 98 valence electrons. The van der Waals surface area contributed by atoms with Crippen molar-refractivity contribution in [1.29, 1.82) is 0 Å². The molecule has 0 amide bonds. The van der Waals surface area contributed by atoms with E-state index in [-0.39, 0.29) is 0 Å². The van der Waals surface area contributed by atoms with E-state index in [1.165, 1.54) is 44.4 Å². The molecule has 1 saturated carbocycles. The van der Waals surface area contributed by atoms with Gasteiger partial charge in [0.1, 0.15) is 0 Å². The van der Waals surface area contributed by atoms with Crippen LogP contribution in [0.25, 0.3) is 0 Å². The smallest absolute Gasteiger partial charge is 0.337 e. The molecule has 1 heterocycles. The summed E-state index contributed by atoms with van der Waals surface area (Å²) in [5.74, 6) is -0.267. The second kappa shape index (κ2) is 5.85. The number of hydrogen-bond donors (Lipinski definition) is 2. The van der Waals surface area contributed by atoms with Crippen molar-refractivity contribution in [3.05, 3.63) is 24.0 Å². The molecule has 4 nitrogen and oxygen atoms in total. The van der Waals surface area contributed by atoms with E-state index >= 15 is 0 Å². The van der Waals surface area contributed by atoms with Crippen LogP contribution in [0.5, 0.6) is 0 Å². The Bertz CT molecular complexity index is 414. The number of aromatic carboxylic acids is 1. The van der Waals surface area contributed by atoms with Gasteiger partial charge in [0, 0.05) is 12.2 Å². The van der Waals surface area contributed by atoms with Crippen LogP contribution in [-0.2, 0) is 0 Å². The Labute approximate surface area is 107 Å². The van der Waals surface area contributed by atoms with Crippen LogP contribution < -0.4 is 5.32 Å². The molecule has 0 radical (unpaired) electrons. The van der Waals surface area contributed by atoms with E-state index in [0.29, 0.717) is 23.2 Å². The van der Waals surface area contributed by atoms with Crippen LogP contribution in [0, 0.1) is 5.92 Å². The Balaban J connectivity index is 2.06. The van der Waals surface area contributed by atoms with E-state index < -0.39 is 5.97 Å². The van der Waals surface area contributed by atoms with Crippen LogP contribution in [0.1, 0.15) is 49.4 Å². The van der Waals surface area contributed by atoms with Crippen molar-refractivity contribution in [3.63, 3.8) is 0 Å². The lowest BCUT2D eigenvalue weighted by atomic mass is 9.84. The largest absolute Gasteiger partial charge is 0.478 e. The molecule has 1 unspecified atom stereocenters. The van der Waals surface area contributed by atoms with Gasteiger partial charge in [-0.05, 0) is 31.7 Å². The van der Waals surface area contributed by atoms with E-state index in [1.807, 2.05) is 0 Å². The first-order valence-electron chi connectivity index (χ1n) is 6.62. The van der Waals surface area contributed by atoms with Crippen molar-refractivity contribution in [3.8, 4) is 0 Å². The summed E-state index contributed by atoms with van der Waals surface area (Å²) in [4.78, 5) is 15.1. The maximum absolute atomic E-state index is 11.1. The number of anilines is 1. The van der Waals surface area contributed by atoms with Crippen LogP contribution in [-0.4, -0.2) is 22.1 Å². The van der Waals surface area contributed by atoms with Gasteiger partial charge >= 0.3 is 5.97 Å². The Morgan fingerprint density at radius 2 is 2.17 bits per heavy atom. The summed E-state index contributed by atoms with van der Waals surface area (Å²) in [6.07, 6.45) is 9.48. The highest BCUT2D eigenvalue weighted by Crippen LogP contribution is 2.28. The number of carboxylic acids is 1. The number of carbonyl (C=O) groups is 1. The second-order valence-electron chi connectivity index (χ2n) is 5.06. The average Bonchev–Trinajstić information content (AvgIpc) is 2.40. The van der Waals surface area contributed by atoms with Crippen LogP contribution in [0.4, 0.5) is 5.69 Å². The van der Waals surface area contributed by atoms with Crippen LogP contribution in [0.15, 0.2) is 18.5 Å². The Kier molecular flexibility index (Phi) is 4.18. The molecule has 2 rings (SSSR count). The van der Waals surface area contributed by atoms with Crippen molar-refractivity contribution in [2.75, 3.05) is 5.32 Å². The van der Waals surface area contributed by atoms with Crippen LogP contribution in [0.3, 0.4) is 0 Å². The molecule has 18 heavy (non-hydrogen) atoms. The molecule has 1 aliphatic rings. The minimum absolute atomic E-state index is 0.299. The predicted octanol–water partition coefficient (Wildman–Crippen LogP) is 3.16. The normalized spacial score (nSPS) is 18.3. The van der Waals surface area contributed by atoms with Gasteiger partial charge in [0.2, 0.25) is 0 Å². The van der Waals surface area contributed by atoms with Gasteiger partial charge in [-0.15, -0.1) is 0 Å². The highest BCUT2D eigenvalue weighted by Gasteiger charge is 2.21.